The Labute approximate surface area is 279 Å². The second-order valence-corrected chi connectivity index (χ2v) is 13.8. The third-order valence-corrected chi connectivity index (χ3v) is 11.0. The maximum atomic E-state index is 13.8. The third-order valence-electron chi connectivity index (χ3n) is 11.0. The molecule has 3 aromatic rings. The van der Waals surface area contributed by atoms with E-state index in [1.165, 1.54) is 22.4 Å². The summed E-state index contributed by atoms with van der Waals surface area (Å²) in [6.45, 7) is 6.43. The minimum Gasteiger partial charge on any atom is -0.392 e. The average molecular weight is 654 g/mol. The van der Waals surface area contributed by atoms with Crippen molar-refractivity contribution < 1.29 is 14.6 Å². The summed E-state index contributed by atoms with van der Waals surface area (Å²) < 4.78 is 6.89. The highest BCUT2D eigenvalue weighted by Gasteiger charge is 2.48. The highest BCUT2D eigenvalue weighted by Crippen LogP contribution is 2.42. The van der Waals surface area contributed by atoms with Crippen LogP contribution in [-0.4, -0.2) is 98.7 Å². The number of rotatable bonds is 7. The van der Waals surface area contributed by atoms with E-state index in [-0.39, 0.29) is 24.1 Å². The van der Waals surface area contributed by atoms with E-state index in [9.17, 15) is 14.7 Å². The molecule has 13 nitrogen and oxygen atoms in total. The molecule has 0 aromatic carbocycles. The SMILES string of the molecule is C[C@H]1CN(C2COC2)CCN1c1ccc(Nc2cc(-c3ccnc(N4N=CN5C(CC6CCCCC65)C4=O)c3CO)cn(C)c2=O)nc1. The Bertz CT molecular complexity index is 1770. The number of fused-ring (bicyclic) bond motifs is 3. The second-order valence-electron chi connectivity index (χ2n) is 13.8. The molecule has 1 saturated carbocycles. The molecule has 4 aliphatic heterocycles. The van der Waals surface area contributed by atoms with E-state index in [2.05, 4.69) is 42.0 Å². The topological polar surface area (TPSA) is 132 Å². The Morgan fingerprint density at radius 1 is 1.08 bits per heavy atom. The van der Waals surface area contributed by atoms with Gasteiger partial charge in [-0.25, -0.2) is 9.97 Å². The van der Waals surface area contributed by atoms with Gasteiger partial charge in [0.2, 0.25) is 0 Å². The van der Waals surface area contributed by atoms with Crippen LogP contribution in [0.4, 0.5) is 23.0 Å². The molecule has 3 saturated heterocycles. The van der Waals surface area contributed by atoms with Crippen LogP contribution in [0.3, 0.4) is 0 Å². The lowest BCUT2D eigenvalue weighted by atomic mass is 9.85. The molecule has 252 valence electrons. The van der Waals surface area contributed by atoms with Crippen LogP contribution >= 0.6 is 0 Å². The fourth-order valence-electron chi connectivity index (χ4n) is 8.30. The second kappa shape index (κ2) is 12.6. The molecular weight excluding hydrogens is 610 g/mol. The van der Waals surface area contributed by atoms with Crippen molar-refractivity contribution in [2.75, 3.05) is 48.1 Å². The minimum atomic E-state index is -0.354. The number of aromatic nitrogens is 3. The highest BCUT2D eigenvalue weighted by molar-refractivity contribution is 6.01. The van der Waals surface area contributed by atoms with Gasteiger partial charge in [0.25, 0.3) is 11.5 Å². The first-order chi connectivity index (χ1) is 23.4. The zero-order chi connectivity index (χ0) is 32.9. The van der Waals surface area contributed by atoms with Gasteiger partial charge in [-0.3, -0.25) is 14.5 Å². The fourth-order valence-corrected chi connectivity index (χ4v) is 8.30. The van der Waals surface area contributed by atoms with Crippen molar-refractivity contribution in [3.8, 4) is 11.1 Å². The molecule has 4 atom stereocenters. The third kappa shape index (κ3) is 5.43. The van der Waals surface area contributed by atoms with E-state index in [1.807, 2.05) is 18.3 Å². The molecule has 0 radical (unpaired) electrons. The molecule has 3 aromatic heterocycles. The maximum Gasteiger partial charge on any atom is 0.274 e. The first kappa shape index (κ1) is 31.0. The molecule has 1 aliphatic carbocycles. The van der Waals surface area contributed by atoms with Gasteiger partial charge in [0, 0.05) is 62.3 Å². The Hall–Kier alpha value is -4.33. The van der Waals surface area contributed by atoms with Crippen molar-refractivity contribution in [3.63, 3.8) is 0 Å². The van der Waals surface area contributed by atoms with Gasteiger partial charge in [-0.15, -0.1) is 0 Å². The van der Waals surface area contributed by atoms with Crippen LogP contribution in [-0.2, 0) is 23.2 Å². The number of pyridine rings is 3. The van der Waals surface area contributed by atoms with Crippen molar-refractivity contribution in [1.29, 1.82) is 0 Å². The maximum absolute atomic E-state index is 13.8. The number of ether oxygens (including phenoxy) is 1. The van der Waals surface area contributed by atoms with E-state index in [4.69, 9.17) is 4.74 Å². The number of hydrogen-bond acceptors (Lipinski definition) is 11. The molecule has 4 fully saturated rings. The lowest BCUT2D eigenvalue weighted by Crippen LogP contribution is -2.59. The Morgan fingerprint density at radius 2 is 1.94 bits per heavy atom. The molecule has 2 N–H and O–H groups in total. The number of piperazine rings is 1. The number of aliphatic hydroxyl groups excluding tert-OH is 1. The Morgan fingerprint density at radius 3 is 2.69 bits per heavy atom. The molecule has 0 bridgehead atoms. The van der Waals surface area contributed by atoms with Gasteiger partial charge in [0.15, 0.2) is 5.82 Å². The normalized spacial score (nSPS) is 26.0. The summed E-state index contributed by atoms with van der Waals surface area (Å²) in [7, 11) is 1.69. The van der Waals surface area contributed by atoms with Gasteiger partial charge < -0.3 is 29.5 Å². The first-order valence-electron chi connectivity index (χ1n) is 17.2. The number of hydrogen-bond donors (Lipinski definition) is 2. The van der Waals surface area contributed by atoms with E-state index in [1.54, 1.807) is 37.9 Å². The predicted molar refractivity (Wildman–Crippen MR) is 183 cm³/mol. The quantitative estimate of drug-likeness (QED) is 0.393. The number of nitrogens with zero attached hydrogens (tertiary/aromatic N) is 8. The summed E-state index contributed by atoms with van der Waals surface area (Å²) in [4.78, 5) is 43.3. The number of hydrazone groups is 1. The largest absolute Gasteiger partial charge is 0.392 e. The monoisotopic (exact) mass is 653 g/mol. The van der Waals surface area contributed by atoms with Crippen molar-refractivity contribution in [2.24, 2.45) is 18.1 Å². The van der Waals surface area contributed by atoms with Crippen LogP contribution in [0.1, 0.15) is 44.6 Å². The predicted octanol–water partition coefficient (Wildman–Crippen LogP) is 2.91. The molecule has 13 heteroatoms. The summed E-state index contributed by atoms with van der Waals surface area (Å²) in [6.07, 6.45) is 12.4. The molecule has 1 amide bonds. The standard InChI is InChI=1S/C35H43N9O4/c1-22-16-41(26-19-48-20-26)11-12-42(22)25-7-8-32(37-15-25)39-29-13-24(17-40(2)34(29)46)27-9-10-36-33(28(27)18-45)44-35(47)31-14-23-5-3-4-6-30(23)43(31)21-38-44/h7-10,13,15,17,21-23,26,30-31,45H,3-6,11-12,14,16,18-20H2,1-2H3,(H,37,39)/t22-,23?,30?,31?/m0/s1. The number of anilines is 4. The van der Waals surface area contributed by atoms with E-state index < -0.39 is 0 Å². The van der Waals surface area contributed by atoms with Gasteiger partial charge in [-0.2, -0.15) is 10.1 Å². The van der Waals surface area contributed by atoms with E-state index in [0.29, 0.717) is 58.1 Å². The fraction of sp³-hybridized carbons (Fsp3) is 0.514. The molecular formula is C35H43N9O4. The summed E-state index contributed by atoms with van der Waals surface area (Å²) in [5.74, 6) is 1.25. The zero-order valence-electron chi connectivity index (χ0n) is 27.5. The number of carbonyl (C=O) groups excluding carboxylic acids is 1. The number of aliphatic hydroxyl groups is 1. The lowest BCUT2D eigenvalue weighted by Gasteiger charge is -2.46. The lowest BCUT2D eigenvalue weighted by molar-refractivity contribution is -0.122. The van der Waals surface area contributed by atoms with E-state index >= 15 is 0 Å². The van der Waals surface area contributed by atoms with Crippen LogP contribution in [0.5, 0.6) is 0 Å². The first-order valence-corrected chi connectivity index (χ1v) is 17.2. The number of nitrogens with one attached hydrogen (secondary N) is 1. The molecule has 3 unspecified atom stereocenters. The van der Waals surface area contributed by atoms with Crippen LogP contribution < -0.4 is 20.8 Å². The molecule has 48 heavy (non-hydrogen) atoms. The van der Waals surface area contributed by atoms with Gasteiger partial charge >= 0.3 is 0 Å². The molecule has 8 rings (SSSR count). The van der Waals surface area contributed by atoms with Crippen LogP contribution in [0.25, 0.3) is 11.1 Å². The van der Waals surface area contributed by atoms with Gasteiger partial charge in [0.1, 0.15) is 23.9 Å². The van der Waals surface area contributed by atoms with E-state index in [0.717, 1.165) is 57.8 Å². The number of amides is 1. The molecule has 0 spiro atoms. The summed E-state index contributed by atoms with van der Waals surface area (Å²) >= 11 is 0. The van der Waals surface area contributed by atoms with Crippen molar-refractivity contribution in [2.45, 2.75) is 69.8 Å². The highest BCUT2D eigenvalue weighted by atomic mass is 16.5. The van der Waals surface area contributed by atoms with Crippen molar-refractivity contribution >= 4 is 35.3 Å². The number of aryl methyl sites for hydroxylation is 1. The summed E-state index contributed by atoms with van der Waals surface area (Å²) in [5, 5.41) is 19.7. The smallest absolute Gasteiger partial charge is 0.274 e. The Kier molecular flexibility index (Phi) is 8.13. The summed E-state index contributed by atoms with van der Waals surface area (Å²) in [5.41, 5.74) is 3.00. The zero-order valence-corrected chi connectivity index (χ0v) is 27.5. The van der Waals surface area contributed by atoms with Crippen molar-refractivity contribution in [1.82, 2.24) is 24.3 Å². The summed E-state index contributed by atoms with van der Waals surface area (Å²) in [6, 6.07) is 8.46. The minimum absolute atomic E-state index is 0.118. The van der Waals surface area contributed by atoms with Crippen LogP contribution in [0.15, 0.2) is 52.8 Å². The van der Waals surface area contributed by atoms with Gasteiger partial charge in [-0.05, 0) is 61.9 Å². The van der Waals surface area contributed by atoms with Crippen molar-refractivity contribution in [3.05, 3.63) is 58.8 Å². The molecule has 5 aliphatic rings. The molecule has 7 heterocycles. The van der Waals surface area contributed by atoms with Crippen LogP contribution in [0.2, 0.25) is 0 Å². The van der Waals surface area contributed by atoms with Gasteiger partial charge in [-0.1, -0.05) is 12.8 Å². The Balaban J connectivity index is 1.03. The van der Waals surface area contributed by atoms with Gasteiger partial charge in [0.05, 0.1) is 37.7 Å². The van der Waals surface area contributed by atoms with Crippen LogP contribution in [0, 0.1) is 5.92 Å². The average Bonchev–Trinajstić information content (AvgIpc) is 3.46. The number of carbonyl (C=O) groups is 1.